The van der Waals surface area contributed by atoms with Gasteiger partial charge in [-0.05, 0) is 52.2 Å². The first-order valence-corrected chi connectivity index (χ1v) is 10.4. The maximum absolute atomic E-state index is 12.6. The standard InChI is InChI=1S/C21H24BrN5O6/c1-32-14-9-11(6-7-16(29)30)18(17(22)19(14)33-2)27-15(28)10-25-20(31)12-4-3-5-13(8-12)26-21(23)24/h3-5,8-9H,6-7,10H2,1-2H3,(H,25,31)(H,27,28)(H,29,30)(H4,23,24,26). The number of carbonyl (C=O) groups excluding carboxylic acids is 2. The van der Waals surface area contributed by atoms with Crippen LogP contribution in [0.3, 0.4) is 0 Å². The molecule has 33 heavy (non-hydrogen) atoms. The Kier molecular flexibility index (Phi) is 9.04. The van der Waals surface area contributed by atoms with Crippen LogP contribution < -0.4 is 31.2 Å². The number of carboxylic acid groups (broad SMARTS) is 1. The van der Waals surface area contributed by atoms with E-state index in [1.165, 1.54) is 20.3 Å². The SMILES string of the molecule is COc1cc(CCC(=O)O)c(NC(=O)CNC(=O)c2cccc(NC(=N)N)c2)c(Br)c1OC. The van der Waals surface area contributed by atoms with Gasteiger partial charge in [0.1, 0.15) is 0 Å². The zero-order valence-corrected chi connectivity index (χ0v) is 19.5. The molecule has 0 saturated carbocycles. The van der Waals surface area contributed by atoms with Gasteiger partial charge in [0, 0.05) is 17.7 Å². The van der Waals surface area contributed by atoms with E-state index in [4.69, 9.17) is 25.7 Å². The van der Waals surface area contributed by atoms with Gasteiger partial charge in [0.15, 0.2) is 17.5 Å². The minimum atomic E-state index is -0.994. The fourth-order valence-electron chi connectivity index (χ4n) is 2.91. The van der Waals surface area contributed by atoms with Crippen molar-refractivity contribution < 1.29 is 29.0 Å². The number of carboxylic acids is 1. The van der Waals surface area contributed by atoms with Crippen LogP contribution in [-0.4, -0.2) is 49.6 Å². The minimum Gasteiger partial charge on any atom is -0.493 e. The number of benzene rings is 2. The number of carbonyl (C=O) groups is 3. The van der Waals surface area contributed by atoms with Gasteiger partial charge in [-0.2, -0.15) is 0 Å². The van der Waals surface area contributed by atoms with E-state index in [1.807, 2.05) is 0 Å². The van der Waals surface area contributed by atoms with E-state index in [-0.39, 0.29) is 30.9 Å². The number of ether oxygens (including phenoxy) is 2. The Hall–Kier alpha value is -3.80. The number of hydrogen-bond acceptors (Lipinski definition) is 6. The van der Waals surface area contributed by atoms with Crippen molar-refractivity contribution in [2.45, 2.75) is 12.8 Å². The third-order valence-corrected chi connectivity index (χ3v) is 5.14. The summed E-state index contributed by atoms with van der Waals surface area (Å²) in [5.74, 6) is -1.61. The lowest BCUT2D eigenvalue weighted by atomic mass is 10.1. The lowest BCUT2D eigenvalue weighted by Gasteiger charge is -2.18. The van der Waals surface area contributed by atoms with E-state index in [1.54, 1.807) is 24.3 Å². The topological polar surface area (TPSA) is 176 Å². The van der Waals surface area contributed by atoms with Gasteiger partial charge in [-0.25, -0.2) is 0 Å². The summed E-state index contributed by atoms with van der Waals surface area (Å²) in [5.41, 5.74) is 6.85. The van der Waals surface area contributed by atoms with Crippen LogP contribution in [-0.2, 0) is 16.0 Å². The number of anilines is 2. The largest absolute Gasteiger partial charge is 0.493 e. The molecule has 0 spiro atoms. The van der Waals surface area contributed by atoms with Gasteiger partial charge < -0.3 is 36.3 Å². The average molecular weight is 522 g/mol. The van der Waals surface area contributed by atoms with E-state index in [2.05, 4.69) is 31.9 Å². The van der Waals surface area contributed by atoms with Crippen LogP contribution in [0.5, 0.6) is 11.5 Å². The molecule has 12 heteroatoms. The summed E-state index contributed by atoms with van der Waals surface area (Å²) in [4.78, 5) is 36.0. The van der Waals surface area contributed by atoms with Gasteiger partial charge in [-0.1, -0.05) is 6.07 Å². The number of aryl methyl sites for hydroxylation is 1. The average Bonchev–Trinajstić information content (AvgIpc) is 2.77. The lowest BCUT2D eigenvalue weighted by molar-refractivity contribution is -0.137. The molecule has 176 valence electrons. The Morgan fingerprint density at radius 1 is 1.15 bits per heavy atom. The van der Waals surface area contributed by atoms with E-state index < -0.39 is 17.8 Å². The zero-order valence-electron chi connectivity index (χ0n) is 18.0. The fourth-order valence-corrected chi connectivity index (χ4v) is 3.63. The maximum Gasteiger partial charge on any atom is 0.303 e. The summed E-state index contributed by atoms with van der Waals surface area (Å²) in [6, 6.07) is 7.87. The molecule has 11 nitrogen and oxygen atoms in total. The molecule has 0 fully saturated rings. The number of halogens is 1. The van der Waals surface area contributed by atoms with E-state index in [0.29, 0.717) is 32.9 Å². The predicted octanol–water partition coefficient (Wildman–Crippen LogP) is 2.16. The smallest absolute Gasteiger partial charge is 0.303 e. The van der Waals surface area contributed by atoms with Gasteiger partial charge in [0.25, 0.3) is 5.91 Å². The molecule has 0 heterocycles. The van der Waals surface area contributed by atoms with Crippen molar-refractivity contribution in [1.29, 1.82) is 5.41 Å². The highest BCUT2D eigenvalue weighted by atomic mass is 79.9. The van der Waals surface area contributed by atoms with Crippen molar-refractivity contribution in [1.82, 2.24) is 5.32 Å². The van der Waals surface area contributed by atoms with E-state index >= 15 is 0 Å². The van der Waals surface area contributed by atoms with Gasteiger partial charge in [0.05, 0.1) is 30.9 Å². The van der Waals surface area contributed by atoms with Crippen LogP contribution in [0.15, 0.2) is 34.8 Å². The van der Waals surface area contributed by atoms with E-state index in [9.17, 15) is 14.4 Å². The van der Waals surface area contributed by atoms with Crippen LogP contribution >= 0.6 is 15.9 Å². The molecule has 2 rings (SSSR count). The number of nitrogens with one attached hydrogen (secondary N) is 4. The highest BCUT2D eigenvalue weighted by molar-refractivity contribution is 9.10. The number of amides is 2. The van der Waals surface area contributed by atoms with Gasteiger partial charge in [-0.3, -0.25) is 19.8 Å². The molecular formula is C21H24BrN5O6. The number of hydrogen-bond donors (Lipinski definition) is 6. The molecule has 0 aliphatic carbocycles. The summed E-state index contributed by atoms with van der Waals surface area (Å²) in [6.07, 6.45) is -0.0294. The number of rotatable bonds is 10. The van der Waals surface area contributed by atoms with Crippen molar-refractivity contribution >= 4 is 51.0 Å². The van der Waals surface area contributed by atoms with Crippen LogP contribution in [0.1, 0.15) is 22.3 Å². The molecule has 0 atom stereocenters. The molecule has 0 aliphatic heterocycles. The normalized spacial score (nSPS) is 10.2. The summed E-state index contributed by atoms with van der Waals surface area (Å²) < 4.78 is 11.0. The number of guanidine groups is 1. The summed E-state index contributed by atoms with van der Waals surface area (Å²) in [7, 11) is 2.88. The van der Waals surface area contributed by atoms with E-state index in [0.717, 1.165) is 0 Å². The number of methoxy groups -OCH3 is 2. The second-order valence-electron chi connectivity index (χ2n) is 6.70. The predicted molar refractivity (Wildman–Crippen MR) is 126 cm³/mol. The molecule has 2 aromatic carbocycles. The van der Waals surface area contributed by atoms with Crippen molar-refractivity contribution in [2.24, 2.45) is 5.73 Å². The molecular weight excluding hydrogens is 498 g/mol. The van der Waals surface area contributed by atoms with Crippen molar-refractivity contribution in [3.8, 4) is 11.5 Å². The molecule has 0 saturated heterocycles. The van der Waals surface area contributed by atoms with Crippen LogP contribution in [0, 0.1) is 5.41 Å². The summed E-state index contributed by atoms with van der Waals surface area (Å²) in [6.45, 7) is -0.345. The Morgan fingerprint density at radius 2 is 1.88 bits per heavy atom. The van der Waals surface area contributed by atoms with Crippen molar-refractivity contribution in [3.05, 3.63) is 45.9 Å². The number of nitrogens with two attached hydrogens (primary N) is 1. The highest BCUT2D eigenvalue weighted by Crippen LogP contribution is 2.43. The fraction of sp³-hybridized carbons (Fsp3) is 0.238. The molecule has 0 aromatic heterocycles. The Balaban J connectivity index is 2.16. The molecule has 2 aromatic rings. The monoisotopic (exact) mass is 521 g/mol. The Morgan fingerprint density at radius 3 is 2.48 bits per heavy atom. The van der Waals surface area contributed by atoms with Gasteiger partial charge in [-0.15, -0.1) is 0 Å². The maximum atomic E-state index is 12.6. The minimum absolute atomic E-state index is 0.131. The van der Waals surface area contributed by atoms with Crippen molar-refractivity contribution in [2.75, 3.05) is 31.4 Å². The van der Waals surface area contributed by atoms with Crippen molar-refractivity contribution in [3.63, 3.8) is 0 Å². The molecule has 2 amide bonds. The third kappa shape index (κ3) is 7.10. The first-order chi connectivity index (χ1) is 15.7. The van der Waals surface area contributed by atoms with Crippen LogP contribution in [0.2, 0.25) is 0 Å². The van der Waals surface area contributed by atoms with Crippen LogP contribution in [0.25, 0.3) is 0 Å². The Bertz CT molecular complexity index is 1080. The molecule has 0 unspecified atom stereocenters. The highest BCUT2D eigenvalue weighted by Gasteiger charge is 2.20. The molecule has 7 N–H and O–H groups in total. The lowest BCUT2D eigenvalue weighted by Crippen LogP contribution is -2.33. The second-order valence-corrected chi connectivity index (χ2v) is 7.50. The second kappa shape index (κ2) is 11.7. The third-order valence-electron chi connectivity index (χ3n) is 4.38. The molecule has 0 radical (unpaired) electrons. The first kappa shape index (κ1) is 25.5. The summed E-state index contributed by atoms with van der Waals surface area (Å²) >= 11 is 3.37. The quantitative estimate of drug-likeness (QED) is 0.203. The Labute approximate surface area is 198 Å². The van der Waals surface area contributed by atoms with Crippen LogP contribution in [0.4, 0.5) is 11.4 Å². The first-order valence-electron chi connectivity index (χ1n) is 9.60. The summed E-state index contributed by atoms with van der Waals surface area (Å²) in [5, 5.41) is 24.1. The van der Waals surface area contributed by atoms with Gasteiger partial charge >= 0.3 is 5.97 Å². The number of aliphatic carboxylic acids is 1. The van der Waals surface area contributed by atoms with Gasteiger partial charge in [0.2, 0.25) is 5.91 Å². The molecule has 0 aliphatic rings. The molecule has 0 bridgehead atoms. The zero-order chi connectivity index (χ0) is 24.5.